The largest absolute Gasteiger partial charge is 0.160 e. The van der Waals surface area contributed by atoms with Gasteiger partial charge < -0.3 is 0 Å². The Morgan fingerprint density at radius 2 is 2.00 bits per heavy atom. The summed E-state index contributed by atoms with van der Waals surface area (Å²) in [6.45, 7) is 9.63. The van der Waals surface area contributed by atoms with Gasteiger partial charge in [-0.3, -0.25) is 0 Å². The van der Waals surface area contributed by atoms with Crippen molar-refractivity contribution in [1.29, 1.82) is 0 Å². The molecule has 2 heteroatoms. The van der Waals surface area contributed by atoms with Crippen molar-refractivity contribution in [2.45, 2.75) is 33.6 Å². The van der Waals surface area contributed by atoms with Gasteiger partial charge >= 0.3 is 0 Å². The number of allylic oxidation sites excluding steroid dienone is 3. The molecular formula is C11H18N2. The zero-order valence-corrected chi connectivity index (χ0v) is 8.75. The smallest absolute Gasteiger partial charge is 0.0599 e. The van der Waals surface area contributed by atoms with Crippen molar-refractivity contribution in [2.24, 2.45) is 10.2 Å². The highest BCUT2D eigenvalue weighted by atomic mass is 15.2. The molecule has 0 rings (SSSR count). The summed E-state index contributed by atoms with van der Waals surface area (Å²) in [4.78, 5) is 0. The Bertz CT molecular complexity index is 234. The van der Waals surface area contributed by atoms with Crippen molar-refractivity contribution < 1.29 is 0 Å². The summed E-state index contributed by atoms with van der Waals surface area (Å²) in [6.07, 6.45) is 7.59. The highest BCUT2D eigenvalue weighted by molar-refractivity contribution is 5.93. The topological polar surface area (TPSA) is 24.7 Å². The normalized spacial score (nSPS) is 13.8. The van der Waals surface area contributed by atoms with Crippen LogP contribution in [-0.4, -0.2) is 11.4 Å². The van der Waals surface area contributed by atoms with Crippen LogP contribution < -0.4 is 0 Å². The predicted octanol–water partition coefficient (Wildman–Crippen LogP) is 3.37. The third kappa shape index (κ3) is 7.19. The minimum Gasteiger partial charge on any atom is -0.160 e. The number of nitrogens with zero attached hydrogens (tertiary/aromatic N) is 2. The molecule has 0 radical (unpaired) electrons. The Hall–Kier alpha value is -1.18. The molecule has 0 unspecified atom stereocenters. The van der Waals surface area contributed by atoms with E-state index in [0.29, 0.717) is 0 Å². The van der Waals surface area contributed by atoms with Crippen LogP contribution in [0.3, 0.4) is 0 Å². The summed E-state index contributed by atoms with van der Waals surface area (Å²) in [6, 6.07) is 0. The lowest BCUT2D eigenvalue weighted by atomic mass is 10.2. The molecule has 0 N–H and O–H groups in total. The Kier molecular flexibility index (Phi) is 6.79. The maximum absolute atomic E-state index is 4.09. The molecule has 0 spiro atoms. The van der Waals surface area contributed by atoms with E-state index in [4.69, 9.17) is 0 Å². The van der Waals surface area contributed by atoms with E-state index in [0.717, 1.165) is 24.3 Å². The van der Waals surface area contributed by atoms with Crippen molar-refractivity contribution >= 4 is 11.4 Å². The lowest BCUT2D eigenvalue weighted by molar-refractivity contribution is 0.977. The van der Waals surface area contributed by atoms with Gasteiger partial charge in [0, 0.05) is 5.71 Å². The van der Waals surface area contributed by atoms with Crippen molar-refractivity contribution in [2.75, 3.05) is 0 Å². The number of hydrogen-bond donors (Lipinski definition) is 0. The molecule has 0 aliphatic heterocycles. The van der Waals surface area contributed by atoms with E-state index < -0.39 is 0 Å². The summed E-state index contributed by atoms with van der Waals surface area (Å²) in [5, 5.41) is 8.14. The van der Waals surface area contributed by atoms with Crippen LogP contribution in [0.2, 0.25) is 0 Å². The fraction of sp³-hybridized carbons (Fsp3) is 0.455. The molecule has 0 atom stereocenters. The fourth-order valence-corrected chi connectivity index (χ4v) is 0.817. The molecule has 0 saturated carbocycles. The molecule has 0 aliphatic rings. The van der Waals surface area contributed by atoms with Crippen molar-refractivity contribution in [3.63, 3.8) is 0 Å². The first-order valence-electron chi connectivity index (χ1n) is 4.57. The monoisotopic (exact) mass is 178 g/mol. The molecule has 0 heterocycles. The minimum atomic E-state index is 0.898. The van der Waals surface area contributed by atoms with Gasteiger partial charge in [0.05, 0.1) is 5.71 Å². The first-order valence-corrected chi connectivity index (χ1v) is 4.57. The van der Waals surface area contributed by atoms with Gasteiger partial charge in [-0.05, 0) is 26.3 Å². The lowest BCUT2D eigenvalue weighted by Gasteiger charge is -1.92. The predicted molar refractivity (Wildman–Crippen MR) is 60.5 cm³/mol. The highest BCUT2D eigenvalue weighted by Crippen LogP contribution is 1.92. The van der Waals surface area contributed by atoms with Gasteiger partial charge in [0.15, 0.2) is 0 Å². The summed E-state index contributed by atoms with van der Waals surface area (Å²) >= 11 is 0. The van der Waals surface area contributed by atoms with Crippen molar-refractivity contribution in [1.82, 2.24) is 0 Å². The van der Waals surface area contributed by atoms with Crippen LogP contribution in [0.5, 0.6) is 0 Å². The number of hydrogen-bond acceptors (Lipinski definition) is 2. The maximum atomic E-state index is 4.09. The van der Waals surface area contributed by atoms with Crippen LogP contribution in [0.1, 0.15) is 33.6 Å². The van der Waals surface area contributed by atoms with Gasteiger partial charge in [-0.2, -0.15) is 10.2 Å². The molecule has 0 aromatic rings. The third-order valence-corrected chi connectivity index (χ3v) is 1.46. The molecule has 0 amide bonds. The summed E-state index contributed by atoms with van der Waals surface area (Å²) in [5.74, 6) is 0. The maximum Gasteiger partial charge on any atom is 0.0599 e. The lowest BCUT2D eigenvalue weighted by Crippen LogP contribution is -1.89. The van der Waals surface area contributed by atoms with Gasteiger partial charge in [-0.15, -0.1) is 0 Å². The summed E-state index contributed by atoms with van der Waals surface area (Å²) < 4.78 is 0. The van der Waals surface area contributed by atoms with E-state index in [-0.39, 0.29) is 0 Å². The average Bonchev–Trinajstić information content (AvgIpc) is 2.12. The quantitative estimate of drug-likeness (QED) is 0.350. The van der Waals surface area contributed by atoms with Gasteiger partial charge in [0.2, 0.25) is 0 Å². The zero-order chi connectivity index (χ0) is 10.1. The van der Waals surface area contributed by atoms with E-state index in [9.17, 15) is 0 Å². The van der Waals surface area contributed by atoms with Crippen LogP contribution in [-0.2, 0) is 0 Å². The Morgan fingerprint density at radius 1 is 1.31 bits per heavy atom. The molecule has 0 saturated heterocycles. The SMILES string of the molecule is C=C\C=C/C(C)=N/N=C(/C)CCC. The van der Waals surface area contributed by atoms with Crippen LogP contribution in [0, 0.1) is 0 Å². The van der Waals surface area contributed by atoms with Crippen LogP contribution in [0.15, 0.2) is 35.0 Å². The molecular weight excluding hydrogens is 160 g/mol. The first kappa shape index (κ1) is 11.8. The number of rotatable bonds is 5. The van der Waals surface area contributed by atoms with E-state index >= 15 is 0 Å². The van der Waals surface area contributed by atoms with Gasteiger partial charge in [-0.25, -0.2) is 0 Å². The first-order chi connectivity index (χ1) is 6.20. The minimum absolute atomic E-state index is 0.898. The Morgan fingerprint density at radius 3 is 2.54 bits per heavy atom. The van der Waals surface area contributed by atoms with Crippen molar-refractivity contribution in [3.05, 3.63) is 24.8 Å². The van der Waals surface area contributed by atoms with Crippen LogP contribution >= 0.6 is 0 Å². The molecule has 13 heavy (non-hydrogen) atoms. The Labute approximate surface area is 80.8 Å². The van der Waals surface area contributed by atoms with Gasteiger partial charge in [-0.1, -0.05) is 32.1 Å². The average molecular weight is 178 g/mol. The zero-order valence-electron chi connectivity index (χ0n) is 8.75. The van der Waals surface area contributed by atoms with Crippen LogP contribution in [0.4, 0.5) is 0 Å². The molecule has 0 fully saturated rings. The molecule has 0 aromatic carbocycles. The molecule has 0 aliphatic carbocycles. The molecule has 2 nitrogen and oxygen atoms in total. The molecule has 72 valence electrons. The highest BCUT2D eigenvalue weighted by Gasteiger charge is 1.87. The Balaban J connectivity index is 4.15. The summed E-state index contributed by atoms with van der Waals surface area (Å²) in [7, 11) is 0. The standard InChI is InChI=1S/C11H18N2/c1-5-7-9-11(4)13-12-10(3)8-6-2/h5,7,9H,1,6,8H2,2-4H3/b9-7-,12-10-,13-11+. The second kappa shape index (κ2) is 7.47. The van der Waals surface area contributed by atoms with E-state index in [2.05, 4.69) is 23.7 Å². The van der Waals surface area contributed by atoms with Gasteiger partial charge in [0.25, 0.3) is 0 Å². The van der Waals surface area contributed by atoms with Crippen LogP contribution in [0.25, 0.3) is 0 Å². The van der Waals surface area contributed by atoms with Gasteiger partial charge in [0.1, 0.15) is 0 Å². The van der Waals surface area contributed by atoms with Crippen molar-refractivity contribution in [3.8, 4) is 0 Å². The van der Waals surface area contributed by atoms with E-state index in [1.807, 2.05) is 26.0 Å². The van der Waals surface area contributed by atoms with E-state index in [1.54, 1.807) is 6.08 Å². The van der Waals surface area contributed by atoms with E-state index in [1.165, 1.54) is 0 Å². The molecule has 0 aromatic heterocycles. The summed E-state index contributed by atoms with van der Waals surface area (Å²) in [5.41, 5.74) is 1.98. The second-order valence-corrected chi connectivity index (χ2v) is 2.92. The fourth-order valence-electron chi connectivity index (χ4n) is 0.817. The molecule has 0 bridgehead atoms. The third-order valence-electron chi connectivity index (χ3n) is 1.46. The second-order valence-electron chi connectivity index (χ2n) is 2.92.